The molecule has 1 aliphatic carbocycles. The van der Waals surface area contributed by atoms with Gasteiger partial charge in [-0.25, -0.2) is 0 Å². The summed E-state index contributed by atoms with van der Waals surface area (Å²) in [7, 11) is 0. The SMILES string of the molecule is Cc1c(N)cccc1Nc1cccc2c1CCCC2. The summed E-state index contributed by atoms with van der Waals surface area (Å²) in [6, 6.07) is 12.6. The lowest BCUT2D eigenvalue weighted by Gasteiger charge is -2.21. The molecule has 0 atom stereocenters. The van der Waals surface area contributed by atoms with Crippen molar-refractivity contribution < 1.29 is 0 Å². The molecule has 0 bridgehead atoms. The van der Waals surface area contributed by atoms with E-state index in [1.807, 2.05) is 12.1 Å². The van der Waals surface area contributed by atoms with Crippen molar-refractivity contribution in [2.75, 3.05) is 11.1 Å². The topological polar surface area (TPSA) is 38.0 Å². The van der Waals surface area contributed by atoms with Crippen molar-refractivity contribution in [3.8, 4) is 0 Å². The summed E-state index contributed by atoms with van der Waals surface area (Å²) in [5, 5.41) is 3.56. The second-order valence-corrected chi connectivity index (χ2v) is 5.30. The van der Waals surface area contributed by atoms with Gasteiger partial charge in [-0.05, 0) is 67.5 Å². The lowest BCUT2D eigenvalue weighted by molar-refractivity contribution is 0.687. The van der Waals surface area contributed by atoms with E-state index in [1.165, 1.54) is 42.5 Å². The Hall–Kier alpha value is -1.96. The number of fused-ring (bicyclic) bond motifs is 1. The number of nitrogen functional groups attached to an aromatic ring is 1. The molecule has 0 unspecified atom stereocenters. The molecule has 19 heavy (non-hydrogen) atoms. The van der Waals surface area contributed by atoms with Crippen LogP contribution in [0.25, 0.3) is 0 Å². The van der Waals surface area contributed by atoms with Crippen LogP contribution in [0.2, 0.25) is 0 Å². The van der Waals surface area contributed by atoms with Gasteiger partial charge in [0, 0.05) is 17.1 Å². The molecule has 2 heteroatoms. The van der Waals surface area contributed by atoms with E-state index in [-0.39, 0.29) is 0 Å². The Morgan fingerprint density at radius 1 is 0.947 bits per heavy atom. The molecule has 2 aromatic carbocycles. The molecule has 0 aliphatic heterocycles. The summed E-state index contributed by atoms with van der Waals surface area (Å²) < 4.78 is 0. The maximum absolute atomic E-state index is 5.97. The number of hydrogen-bond acceptors (Lipinski definition) is 2. The summed E-state index contributed by atoms with van der Waals surface area (Å²) >= 11 is 0. The molecule has 0 saturated carbocycles. The molecule has 0 amide bonds. The minimum atomic E-state index is 0.842. The average Bonchev–Trinajstić information content (AvgIpc) is 2.44. The molecule has 2 nitrogen and oxygen atoms in total. The van der Waals surface area contributed by atoms with Crippen LogP contribution in [0.4, 0.5) is 17.1 Å². The number of nitrogens with one attached hydrogen (secondary N) is 1. The van der Waals surface area contributed by atoms with Gasteiger partial charge in [0.15, 0.2) is 0 Å². The predicted octanol–water partition coefficient (Wildman–Crippen LogP) is 4.20. The summed E-state index contributed by atoms with van der Waals surface area (Å²) in [4.78, 5) is 0. The normalized spacial score (nSPS) is 13.9. The molecule has 3 N–H and O–H groups in total. The zero-order valence-corrected chi connectivity index (χ0v) is 11.4. The van der Waals surface area contributed by atoms with E-state index in [4.69, 9.17) is 5.73 Å². The molecular weight excluding hydrogens is 232 g/mol. The van der Waals surface area contributed by atoms with E-state index in [0.717, 1.165) is 16.9 Å². The number of aryl methyl sites for hydroxylation is 1. The lowest BCUT2D eigenvalue weighted by atomic mass is 9.90. The highest BCUT2D eigenvalue weighted by atomic mass is 14.9. The highest BCUT2D eigenvalue weighted by molar-refractivity contribution is 5.71. The smallest absolute Gasteiger partial charge is 0.0434 e. The highest BCUT2D eigenvalue weighted by Crippen LogP contribution is 2.31. The maximum Gasteiger partial charge on any atom is 0.0434 e. The molecule has 1 aliphatic rings. The van der Waals surface area contributed by atoms with Crippen molar-refractivity contribution in [1.29, 1.82) is 0 Å². The zero-order chi connectivity index (χ0) is 13.2. The van der Waals surface area contributed by atoms with Crippen LogP contribution in [-0.2, 0) is 12.8 Å². The molecule has 2 aromatic rings. The van der Waals surface area contributed by atoms with Gasteiger partial charge >= 0.3 is 0 Å². The van der Waals surface area contributed by atoms with Crippen LogP contribution < -0.4 is 11.1 Å². The first-order valence-corrected chi connectivity index (χ1v) is 6.98. The molecule has 0 heterocycles. The molecule has 0 fully saturated rings. The first kappa shape index (κ1) is 12.1. The van der Waals surface area contributed by atoms with Crippen molar-refractivity contribution >= 4 is 17.1 Å². The van der Waals surface area contributed by atoms with Gasteiger partial charge < -0.3 is 11.1 Å². The molecule has 0 saturated heterocycles. The van der Waals surface area contributed by atoms with Crippen LogP contribution in [0, 0.1) is 6.92 Å². The van der Waals surface area contributed by atoms with Crippen molar-refractivity contribution in [2.45, 2.75) is 32.6 Å². The van der Waals surface area contributed by atoms with Gasteiger partial charge in [0.25, 0.3) is 0 Å². The Labute approximate surface area is 114 Å². The van der Waals surface area contributed by atoms with Crippen LogP contribution in [0.1, 0.15) is 29.5 Å². The van der Waals surface area contributed by atoms with E-state index >= 15 is 0 Å². The summed E-state index contributed by atoms with van der Waals surface area (Å²) in [5.41, 5.74) is 13.3. The van der Waals surface area contributed by atoms with Gasteiger partial charge in [0.1, 0.15) is 0 Å². The molecule has 3 rings (SSSR count). The number of hydrogen-bond donors (Lipinski definition) is 2. The quantitative estimate of drug-likeness (QED) is 0.786. The van der Waals surface area contributed by atoms with Crippen molar-refractivity contribution in [3.63, 3.8) is 0 Å². The fourth-order valence-corrected chi connectivity index (χ4v) is 2.83. The van der Waals surface area contributed by atoms with Gasteiger partial charge in [0.2, 0.25) is 0 Å². The molecular formula is C17H20N2. The largest absolute Gasteiger partial charge is 0.398 e. The Morgan fingerprint density at radius 3 is 2.58 bits per heavy atom. The lowest BCUT2D eigenvalue weighted by Crippen LogP contribution is -2.06. The third-order valence-electron chi connectivity index (χ3n) is 4.04. The Kier molecular flexibility index (Phi) is 3.16. The van der Waals surface area contributed by atoms with Crippen molar-refractivity contribution in [1.82, 2.24) is 0 Å². The van der Waals surface area contributed by atoms with Gasteiger partial charge in [0.05, 0.1) is 0 Å². The van der Waals surface area contributed by atoms with Gasteiger partial charge in [-0.2, -0.15) is 0 Å². The maximum atomic E-state index is 5.97. The fourth-order valence-electron chi connectivity index (χ4n) is 2.83. The van der Waals surface area contributed by atoms with Crippen LogP contribution in [0.15, 0.2) is 36.4 Å². The summed E-state index contributed by atoms with van der Waals surface area (Å²) in [6.07, 6.45) is 5.00. The highest BCUT2D eigenvalue weighted by Gasteiger charge is 2.13. The Morgan fingerprint density at radius 2 is 1.68 bits per heavy atom. The predicted molar refractivity (Wildman–Crippen MR) is 82.0 cm³/mol. The first-order valence-electron chi connectivity index (χ1n) is 6.98. The number of anilines is 3. The van der Waals surface area contributed by atoms with Gasteiger partial charge in [-0.3, -0.25) is 0 Å². The number of rotatable bonds is 2. The summed E-state index contributed by atoms with van der Waals surface area (Å²) in [6.45, 7) is 2.06. The third kappa shape index (κ3) is 2.30. The minimum Gasteiger partial charge on any atom is -0.398 e. The van der Waals surface area contributed by atoms with Crippen LogP contribution in [0.5, 0.6) is 0 Å². The van der Waals surface area contributed by atoms with E-state index in [0.29, 0.717) is 0 Å². The fraction of sp³-hybridized carbons (Fsp3) is 0.294. The Bertz CT molecular complexity index is 602. The minimum absolute atomic E-state index is 0.842. The summed E-state index contributed by atoms with van der Waals surface area (Å²) in [5.74, 6) is 0. The second kappa shape index (κ2) is 4.96. The zero-order valence-electron chi connectivity index (χ0n) is 11.4. The molecule has 0 aromatic heterocycles. The van der Waals surface area contributed by atoms with E-state index in [9.17, 15) is 0 Å². The second-order valence-electron chi connectivity index (χ2n) is 5.30. The standard InChI is InChI=1S/C17H20N2/c1-12-15(18)9-5-10-16(12)19-17-11-4-7-13-6-2-3-8-14(13)17/h4-5,7,9-11,19H,2-3,6,8,18H2,1H3. The number of nitrogens with two attached hydrogens (primary N) is 1. The monoisotopic (exact) mass is 252 g/mol. The van der Waals surface area contributed by atoms with Crippen molar-refractivity contribution in [3.05, 3.63) is 53.1 Å². The van der Waals surface area contributed by atoms with Crippen LogP contribution in [0.3, 0.4) is 0 Å². The first-order chi connectivity index (χ1) is 9.25. The van der Waals surface area contributed by atoms with E-state index < -0.39 is 0 Å². The average molecular weight is 252 g/mol. The van der Waals surface area contributed by atoms with Crippen LogP contribution >= 0.6 is 0 Å². The van der Waals surface area contributed by atoms with Crippen LogP contribution in [-0.4, -0.2) is 0 Å². The van der Waals surface area contributed by atoms with Crippen molar-refractivity contribution in [2.24, 2.45) is 0 Å². The third-order valence-corrected chi connectivity index (χ3v) is 4.04. The van der Waals surface area contributed by atoms with Gasteiger partial charge in [-0.1, -0.05) is 18.2 Å². The van der Waals surface area contributed by atoms with E-state index in [2.05, 4.69) is 36.5 Å². The molecule has 98 valence electrons. The Balaban J connectivity index is 1.97. The van der Waals surface area contributed by atoms with Gasteiger partial charge in [-0.15, -0.1) is 0 Å². The molecule has 0 spiro atoms. The van der Waals surface area contributed by atoms with E-state index in [1.54, 1.807) is 0 Å². The molecule has 0 radical (unpaired) electrons. The number of benzene rings is 2.